The summed E-state index contributed by atoms with van der Waals surface area (Å²) in [5, 5.41) is 3.86. The molecule has 1 atom stereocenters. The Hall–Kier alpha value is -1.78. The Morgan fingerprint density at radius 2 is 1.95 bits per heavy atom. The SMILES string of the molecule is COc1ncc(Cl)cc1[C@@]1(C)C(=O)Nc2cc(Cl)ccc21. The molecule has 0 spiro atoms. The number of pyridine rings is 1. The minimum absolute atomic E-state index is 0.165. The molecule has 0 aliphatic carbocycles. The first kappa shape index (κ1) is 14.2. The molecule has 108 valence electrons. The lowest BCUT2D eigenvalue weighted by Crippen LogP contribution is -2.33. The van der Waals surface area contributed by atoms with Crippen LogP contribution in [0.4, 0.5) is 5.69 Å². The van der Waals surface area contributed by atoms with Gasteiger partial charge in [-0.1, -0.05) is 29.3 Å². The van der Waals surface area contributed by atoms with Crippen LogP contribution in [-0.4, -0.2) is 18.0 Å². The van der Waals surface area contributed by atoms with Gasteiger partial charge in [-0.25, -0.2) is 4.98 Å². The van der Waals surface area contributed by atoms with E-state index in [0.717, 1.165) is 5.56 Å². The zero-order valence-corrected chi connectivity index (χ0v) is 12.9. The molecule has 1 N–H and O–H groups in total. The third-order valence-corrected chi connectivity index (χ3v) is 4.21. The van der Waals surface area contributed by atoms with E-state index < -0.39 is 5.41 Å². The van der Waals surface area contributed by atoms with E-state index in [0.29, 0.717) is 27.2 Å². The Balaban J connectivity index is 2.27. The number of nitrogens with zero attached hydrogens (tertiary/aromatic N) is 1. The third-order valence-electron chi connectivity index (χ3n) is 3.77. The van der Waals surface area contributed by atoms with E-state index in [1.807, 2.05) is 13.0 Å². The van der Waals surface area contributed by atoms with Crippen LogP contribution in [0.2, 0.25) is 10.0 Å². The number of carbonyl (C=O) groups excluding carboxylic acids is 1. The van der Waals surface area contributed by atoms with E-state index in [1.54, 1.807) is 18.2 Å². The number of anilines is 1. The van der Waals surface area contributed by atoms with E-state index >= 15 is 0 Å². The van der Waals surface area contributed by atoms with Crippen molar-refractivity contribution in [1.29, 1.82) is 0 Å². The first-order chi connectivity index (χ1) is 9.96. The molecule has 21 heavy (non-hydrogen) atoms. The van der Waals surface area contributed by atoms with Gasteiger partial charge in [-0.3, -0.25) is 4.79 Å². The molecule has 1 aromatic carbocycles. The number of ether oxygens (including phenoxy) is 1. The number of amides is 1. The van der Waals surface area contributed by atoms with Gasteiger partial charge in [0.25, 0.3) is 0 Å². The van der Waals surface area contributed by atoms with Gasteiger partial charge in [-0.2, -0.15) is 0 Å². The van der Waals surface area contributed by atoms with Crippen LogP contribution in [0.5, 0.6) is 5.88 Å². The average Bonchev–Trinajstić information content (AvgIpc) is 2.70. The van der Waals surface area contributed by atoms with Crippen molar-refractivity contribution in [2.45, 2.75) is 12.3 Å². The highest BCUT2D eigenvalue weighted by Gasteiger charge is 2.46. The minimum atomic E-state index is -0.927. The number of methoxy groups -OCH3 is 1. The number of fused-ring (bicyclic) bond motifs is 1. The van der Waals surface area contributed by atoms with Gasteiger partial charge in [0.15, 0.2) is 0 Å². The van der Waals surface area contributed by atoms with Crippen molar-refractivity contribution >= 4 is 34.8 Å². The zero-order chi connectivity index (χ0) is 15.2. The number of carbonyl (C=O) groups is 1. The molecule has 1 aliphatic heterocycles. The molecule has 6 heteroatoms. The summed E-state index contributed by atoms with van der Waals surface area (Å²) in [6, 6.07) is 7.01. The van der Waals surface area contributed by atoms with Crippen LogP contribution in [0.1, 0.15) is 18.1 Å². The monoisotopic (exact) mass is 322 g/mol. The number of halogens is 2. The molecule has 0 unspecified atom stereocenters. The maximum Gasteiger partial charge on any atom is 0.239 e. The predicted octanol–water partition coefficient (Wildman–Crippen LogP) is 3.66. The first-order valence-corrected chi connectivity index (χ1v) is 7.04. The lowest BCUT2D eigenvalue weighted by molar-refractivity contribution is -0.119. The predicted molar refractivity (Wildman–Crippen MR) is 82.3 cm³/mol. The fraction of sp³-hybridized carbons (Fsp3) is 0.200. The smallest absolute Gasteiger partial charge is 0.239 e. The van der Waals surface area contributed by atoms with Crippen LogP contribution >= 0.6 is 23.2 Å². The van der Waals surface area contributed by atoms with Crippen LogP contribution in [0, 0.1) is 0 Å². The van der Waals surface area contributed by atoms with Gasteiger partial charge in [-0.15, -0.1) is 0 Å². The summed E-state index contributed by atoms with van der Waals surface area (Å²) in [5.74, 6) is 0.210. The van der Waals surface area contributed by atoms with Crippen molar-refractivity contribution in [3.8, 4) is 5.88 Å². The van der Waals surface area contributed by atoms with Crippen molar-refractivity contribution in [1.82, 2.24) is 4.98 Å². The summed E-state index contributed by atoms with van der Waals surface area (Å²) < 4.78 is 5.29. The molecule has 0 saturated carbocycles. The Morgan fingerprint density at radius 1 is 1.19 bits per heavy atom. The van der Waals surface area contributed by atoms with Crippen LogP contribution in [0.25, 0.3) is 0 Å². The number of rotatable bonds is 2. The largest absolute Gasteiger partial charge is 0.481 e. The molecule has 4 nitrogen and oxygen atoms in total. The Morgan fingerprint density at radius 3 is 2.67 bits per heavy atom. The second-order valence-electron chi connectivity index (χ2n) is 4.98. The van der Waals surface area contributed by atoms with Crippen LogP contribution in [0.3, 0.4) is 0 Å². The molecular formula is C15H12Cl2N2O2. The van der Waals surface area contributed by atoms with E-state index in [-0.39, 0.29) is 5.91 Å². The molecule has 0 bridgehead atoms. The number of hydrogen-bond acceptors (Lipinski definition) is 3. The second kappa shape index (κ2) is 4.90. The first-order valence-electron chi connectivity index (χ1n) is 6.28. The fourth-order valence-electron chi connectivity index (χ4n) is 2.64. The number of benzene rings is 1. The van der Waals surface area contributed by atoms with E-state index in [1.165, 1.54) is 13.3 Å². The van der Waals surface area contributed by atoms with E-state index in [9.17, 15) is 4.79 Å². The normalized spacial score (nSPS) is 20.1. The maximum atomic E-state index is 12.6. The summed E-state index contributed by atoms with van der Waals surface area (Å²) in [7, 11) is 1.51. The van der Waals surface area contributed by atoms with Gasteiger partial charge in [0, 0.05) is 22.5 Å². The van der Waals surface area contributed by atoms with Gasteiger partial charge in [-0.05, 0) is 30.7 Å². The number of aromatic nitrogens is 1. The zero-order valence-electron chi connectivity index (χ0n) is 11.4. The Labute approximate surface area is 132 Å². The van der Waals surface area contributed by atoms with Gasteiger partial charge in [0.1, 0.15) is 5.41 Å². The van der Waals surface area contributed by atoms with Crippen LogP contribution < -0.4 is 10.1 Å². The summed E-state index contributed by atoms with van der Waals surface area (Å²) in [5.41, 5.74) is 1.20. The highest BCUT2D eigenvalue weighted by atomic mass is 35.5. The molecule has 1 aromatic heterocycles. The molecule has 2 aromatic rings. The minimum Gasteiger partial charge on any atom is -0.481 e. The Bertz CT molecular complexity index is 748. The molecule has 0 saturated heterocycles. The van der Waals surface area contributed by atoms with Gasteiger partial charge in [0.05, 0.1) is 12.1 Å². The molecule has 1 aliphatic rings. The van der Waals surface area contributed by atoms with Crippen molar-refractivity contribution in [2.24, 2.45) is 0 Å². The van der Waals surface area contributed by atoms with Gasteiger partial charge < -0.3 is 10.1 Å². The van der Waals surface area contributed by atoms with E-state index in [2.05, 4.69) is 10.3 Å². The maximum absolute atomic E-state index is 12.6. The molecule has 3 rings (SSSR count). The van der Waals surface area contributed by atoms with Crippen molar-refractivity contribution in [2.75, 3.05) is 12.4 Å². The lowest BCUT2D eigenvalue weighted by Gasteiger charge is -2.24. The average molecular weight is 323 g/mol. The highest BCUT2D eigenvalue weighted by molar-refractivity contribution is 6.31. The lowest BCUT2D eigenvalue weighted by atomic mass is 9.77. The topological polar surface area (TPSA) is 51.2 Å². The molecule has 0 fully saturated rings. The van der Waals surface area contributed by atoms with Gasteiger partial charge in [0.2, 0.25) is 11.8 Å². The van der Waals surface area contributed by atoms with E-state index in [4.69, 9.17) is 27.9 Å². The third kappa shape index (κ3) is 2.06. The second-order valence-corrected chi connectivity index (χ2v) is 5.85. The number of hydrogen-bond donors (Lipinski definition) is 1. The summed E-state index contributed by atoms with van der Waals surface area (Å²) in [6.45, 7) is 1.82. The highest BCUT2D eigenvalue weighted by Crippen LogP contribution is 2.46. The van der Waals surface area contributed by atoms with Crippen LogP contribution in [-0.2, 0) is 10.2 Å². The standard InChI is InChI=1S/C15H12Cl2N2O2/c1-15(11-5-9(17)7-18-13(11)21-2)10-4-3-8(16)6-12(10)19-14(15)20/h3-7H,1-2H3,(H,19,20)/t15-/m0/s1. The molecule has 1 amide bonds. The summed E-state index contributed by atoms with van der Waals surface area (Å²) >= 11 is 12.0. The molecule has 0 radical (unpaired) electrons. The number of nitrogens with one attached hydrogen (secondary N) is 1. The molecule has 2 heterocycles. The van der Waals surface area contributed by atoms with Gasteiger partial charge >= 0.3 is 0 Å². The quantitative estimate of drug-likeness (QED) is 0.918. The Kier molecular flexibility index (Phi) is 3.30. The van der Waals surface area contributed by atoms with Crippen molar-refractivity contribution in [3.63, 3.8) is 0 Å². The summed E-state index contributed by atoms with van der Waals surface area (Å²) in [4.78, 5) is 16.7. The summed E-state index contributed by atoms with van der Waals surface area (Å²) in [6.07, 6.45) is 1.49. The van der Waals surface area contributed by atoms with Crippen molar-refractivity contribution in [3.05, 3.63) is 51.6 Å². The fourth-order valence-corrected chi connectivity index (χ4v) is 2.97. The van der Waals surface area contributed by atoms with Crippen LogP contribution in [0.15, 0.2) is 30.5 Å². The van der Waals surface area contributed by atoms with Crippen molar-refractivity contribution < 1.29 is 9.53 Å². The molecular weight excluding hydrogens is 311 g/mol.